The van der Waals surface area contributed by atoms with Crippen molar-refractivity contribution in [3.8, 4) is 0 Å². The maximum absolute atomic E-state index is 15.6. The SMILES string of the molecule is CCOCCC(F)(F)C(F)(F)CC(SCc1ccc(Cl)cc1)(SCc1ccc(Cl)cc1)SCc1ccc(Cl)cc1. The van der Waals surface area contributed by atoms with Crippen LogP contribution in [0.25, 0.3) is 0 Å². The van der Waals surface area contributed by atoms with E-state index in [1.54, 1.807) is 43.3 Å². The fourth-order valence-corrected chi connectivity index (χ4v) is 8.55. The topological polar surface area (TPSA) is 9.23 Å². The van der Waals surface area contributed by atoms with Crippen molar-refractivity contribution in [2.75, 3.05) is 13.2 Å². The van der Waals surface area contributed by atoms with Gasteiger partial charge in [-0.25, -0.2) is 0 Å². The van der Waals surface area contributed by atoms with Gasteiger partial charge >= 0.3 is 11.8 Å². The minimum Gasteiger partial charge on any atom is -0.382 e. The van der Waals surface area contributed by atoms with Gasteiger partial charge in [0, 0.05) is 45.4 Å². The average molecular weight is 672 g/mol. The Labute approximate surface area is 261 Å². The van der Waals surface area contributed by atoms with Crippen LogP contribution in [-0.2, 0) is 22.0 Å². The van der Waals surface area contributed by atoms with Crippen LogP contribution in [0.5, 0.6) is 0 Å². The standard InChI is InChI=1S/C29H29Cl3F4OS3/c1-2-37-16-15-27(33,34)28(35,36)20-29(38-17-21-3-9-24(30)10-4-21,39-18-22-5-11-25(31)12-6-22)40-19-23-7-13-26(32)14-8-23/h3-14H,2,15-20H2,1H3. The number of benzene rings is 3. The van der Waals surface area contributed by atoms with Crippen LogP contribution < -0.4 is 0 Å². The minimum atomic E-state index is -4.28. The maximum atomic E-state index is 15.6. The van der Waals surface area contributed by atoms with Crippen LogP contribution in [-0.4, -0.2) is 28.5 Å². The van der Waals surface area contributed by atoms with E-state index in [1.807, 2.05) is 36.4 Å². The first-order valence-corrected chi connectivity index (χ1v) is 16.5. The van der Waals surface area contributed by atoms with Crippen LogP contribution in [0.3, 0.4) is 0 Å². The van der Waals surface area contributed by atoms with Crippen molar-refractivity contribution in [1.29, 1.82) is 0 Å². The molecular weight excluding hydrogens is 643 g/mol. The molecule has 0 N–H and O–H groups in total. The summed E-state index contributed by atoms with van der Waals surface area (Å²) in [7, 11) is 0. The van der Waals surface area contributed by atoms with Crippen molar-refractivity contribution < 1.29 is 22.3 Å². The van der Waals surface area contributed by atoms with Crippen molar-refractivity contribution >= 4 is 70.1 Å². The molecule has 0 saturated carbocycles. The van der Waals surface area contributed by atoms with Gasteiger partial charge in [0.25, 0.3) is 0 Å². The third kappa shape index (κ3) is 10.5. The third-order valence-corrected chi connectivity index (χ3v) is 11.9. The lowest BCUT2D eigenvalue weighted by atomic mass is 10.1. The molecule has 0 bridgehead atoms. The molecular formula is C29H29Cl3F4OS3. The number of rotatable bonds is 16. The Kier molecular flexibility index (Phi) is 13.2. The van der Waals surface area contributed by atoms with Crippen LogP contribution in [0.4, 0.5) is 17.6 Å². The Bertz CT molecular complexity index is 1060. The van der Waals surface area contributed by atoms with Gasteiger partial charge < -0.3 is 4.74 Å². The van der Waals surface area contributed by atoms with E-state index in [9.17, 15) is 8.78 Å². The molecule has 0 unspecified atom stereocenters. The lowest BCUT2D eigenvalue weighted by Crippen LogP contribution is -2.45. The molecule has 40 heavy (non-hydrogen) atoms. The smallest absolute Gasteiger partial charge is 0.313 e. The Morgan fingerprint density at radius 3 is 1.27 bits per heavy atom. The van der Waals surface area contributed by atoms with E-state index in [0.717, 1.165) is 16.7 Å². The summed E-state index contributed by atoms with van der Waals surface area (Å²) >= 11 is 21.8. The zero-order chi connectivity index (χ0) is 29.2. The van der Waals surface area contributed by atoms with Crippen molar-refractivity contribution in [3.05, 3.63) is 105 Å². The summed E-state index contributed by atoms with van der Waals surface area (Å²) in [6.07, 6.45) is -2.11. The van der Waals surface area contributed by atoms with Gasteiger partial charge in [-0.1, -0.05) is 71.2 Å². The van der Waals surface area contributed by atoms with E-state index in [-0.39, 0.29) is 6.61 Å². The Hall–Kier alpha value is -0.740. The monoisotopic (exact) mass is 670 g/mol. The molecule has 0 radical (unpaired) electrons. The van der Waals surface area contributed by atoms with Crippen molar-refractivity contribution in [2.24, 2.45) is 0 Å². The predicted octanol–water partition coefficient (Wildman–Crippen LogP) is 11.5. The predicted molar refractivity (Wildman–Crippen MR) is 167 cm³/mol. The van der Waals surface area contributed by atoms with Gasteiger partial charge in [0.05, 0.1) is 13.0 Å². The molecule has 218 valence electrons. The van der Waals surface area contributed by atoms with Gasteiger partial charge in [-0.2, -0.15) is 17.6 Å². The summed E-state index contributed by atoms with van der Waals surface area (Å²) in [6.45, 7) is 1.37. The molecule has 11 heteroatoms. The van der Waals surface area contributed by atoms with Gasteiger partial charge in [-0.05, 0) is 60.0 Å². The van der Waals surface area contributed by atoms with E-state index in [1.165, 1.54) is 35.3 Å². The number of ether oxygens (including phenoxy) is 1. The average Bonchev–Trinajstić information content (AvgIpc) is 2.92. The third-order valence-electron chi connectivity index (χ3n) is 5.85. The number of alkyl halides is 4. The van der Waals surface area contributed by atoms with Crippen molar-refractivity contribution in [2.45, 2.75) is 52.3 Å². The molecule has 0 aromatic heterocycles. The van der Waals surface area contributed by atoms with E-state index < -0.39 is 34.7 Å². The summed E-state index contributed by atoms with van der Waals surface area (Å²) in [5.74, 6) is -7.52. The van der Waals surface area contributed by atoms with E-state index in [2.05, 4.69) is 0 Å². The quantitative estimate of drug-likeness (QED) is 0.0851. The summed E-state index contributed by atoms with van der Waals surface area (Å²) < 4.78 is 64.7. The van der Waals surface area contributed by atoms with Crippen molar-refractivity contribution in [3.63, 3.8) is 0 Å². The van der Waals surface area contributed by atoms with Gasteiger partial charge in [-0.15, -0.1) is 35.3 Å². The fourth-order valence-electron chi connectivity index (χ4n) is 3.53. The molecule has 3 aromatic carbocycles. The zero-order valence-corrected chi connectivity index (χ0v) is 26.4. The highest BCUT2D eigenvalue weighted by Gasteiger charge is 2.59. The zero-order valence-electron chi connectivity index (χ0n) is 21.7. The lowest BCUT2D eigenvalue weighted by molar-refractivity contribution is -0.218. The first-order valence-electron chi connectivity index (χ1n) is 12.4. The van der Waals surface area contributed by atoms with Gasteiger partial charge in [0.1, 0.15) is 3.41 Å². The molecule has 3 aromatic rings. The van der Waals surface area contributed by atoms with Crippen molar-refractivity contribution in [1.82, 2.24) is 0 Å². The Morgan fingerprint density at radius 2 is 0.950 bits per heavy atom. The Morgan fingerprint density at radius 1 is 0.600 bits per heavy atom. The molecule has 0 fully saturated rings. The molecule has 0 heterocycles. The number of hydrogen-bond donors (Lipinski definition) is 0. The highest BCUT2D eigenvalue weighted by atomic mass is 35.5. The minimum absolute atomic E-state index is 0.177. The second-order valence-electron chi connectivity index (χ2n) is 8.96. The summed E-state index contributed by atoms with van der Waals surface area (Å²) in [6, 6.07) is 21.2. The van der Waals surface area contributed by atoms with Gasteiger partial charge in [0.15, 0.2) is 0 Å². The second-order valence-corrected chi connectivity index (χ2v) is 14.9. The fraction of sp³-hybridized carbons (Fsp3) is 0.379. The maximum Gasteiger partial charge on any atom is 0.313 e. The summed E-state index contributed by atoms with van der Waals surface area (Å²) in [5.41, 5.74) is 2.55. The molecule has 3 rings (SSSR count). The second kappa shape index (κ2) is 15.6. The number of halogens is 7. The van der Waals surface area contributed by atoms with Crippen LogP contribution in [0.2, 0.25) is 15.1 Å². The van der Waals surface area contributed by atoms with Gasteiger partial charge in [-0.3, -0.25) is 0 Å². The lowest BCUT2D eigenvalue weighted by Gasteiger charge is -2.38. The molecule has 0 aliphatic rings. The highest BCUT2D eigenvalue weighted by molar-refractivity contribution is 8.33. The number of hydrogen-bond acceptors (Lipinski definition) is 4. The molecule has 0 atom stereocenters. The highest BCUT2D eigenvalue weighted by Crippen LogP contribution is 2.58. The molecule has 0 aliphatic carbocycles. The molecule has 1 nitrogen and oxygen atoms in total. The summed E-state index contributed by atoms with van der Waals surface area (Å²) in [5, 5.41) is 1.65. The summed E-state index contributed by atoms with van der Waals surface area (Å²) in [4.78, 5) is 0. The molecule has 0 aliphatic heterocycles. The van der Waals surface area contributed by atoms with Crippen LogP contribution in [0, 0.1) is 0 Å². The normalized spacial score (nSPS) is 12.6. The van der Waals surface area contributed by atoms with Crippen LogP contribution in [0.1, 0.15) is 36.5 Å². The largest absolute Gasteiger partial charge is 0.382 e. The Balaban J connectivity index is 1.94. The molecule has 0 spiro atoms. The molecule has 0 saturated heterocycles. The van der Waals surface area contributed by atoms with Crippen LogP contribution in [0.15, 0.2) is 72.8 Å². The van der Waals surface area contributed by atoms with Crippen LogP contribution >= 0.6 is 70.1 Å². The van der Waals surface area contributed by atoms with E-state index in [4.69, 9.17) is 39.5 Å². The number of thioether (sulfide) groups is 3. The first kappa shape index (κ1) is 33.8. The van der Waals surface area contributed by atoms with E-state index in [0.29, 0.717) is 32.3 Å². The van der Waals surface area contributed by atoms with E-state index >= 15 is 8.78 Å². The van der Waals surface area contributed by atoms with Gasteiger partial charge in [0.2, 0.25) is 0 Å². The molecule has 0 amide bonds. The first-order chi connectivity index (χ1) is 18.9.